The third-order valence-corrected chi connectivity index (χ3v) is 10.1. The molecule has 0 saturated carbocycles. The van der Waals surface area contributed by atoms with Gasteiger partial charge in [-0.15, -0.1) is 11.3 Å². The van der Waals surface area contributed by atoms with Gasteiger partial charge in [-0.3, -0.25) is 4.79 Å². The lowest BCUT2D eigenvalue weighted by molar-refractivity contribution is -0.142. The Morgan fingerprint density at radius 1 is 0.958 bits per heavy atom. The number of hydrogen-bond donors (Lipinski definition) is 2. The van der Waals surface area contributed by atoms with Crippen molar-refractivity contribution in [2.75, 3.05) is 57.9 Å². The van der Waals surface area contributed by atoms with Crippen molar-refractivity contribution in [3.8, 4) is 0 Å². The van der Waals surface area contributed by atoms with Crippen LogP contribution in [-0.2, 0) is 34.7 Å². The number of rotatable bonds is 6. The third kappa shape index (κ3) is 7.93. The molecule has 48 heavy (non-hydrogen) atoms. The molecule has 2 saturated heterocycles. The fourth-order valence-corrected chi connectivity index (χ4v) is 7.38. The van der Waals surface area contributed by atoms with Crippen LogP contribution in [0, 0.1) is 0 Å². The van der Waals surface area contributed by atoms with E-state index in [2.05, 4.69) is 5.32 Å². The van der Waals surface area contributed by atoms with E-state index in [1.165, 1.54) is 21.1 Å². The molecule has 5 rings (SSSR count). The summed E-state index contributed by atoms with van der Waals surface area (Å²) >= 11 is 1.50. The number of likely N-dealkylation sites (tertiary alicyclic amines) is 2. The number of nitrogens with one attached hydrogen (secondary N) is 1. The lowest BCUT2D eigenvalue weighted by Gasteiger charge is -2.39. The van der Waals surface area contributed by atoms with Gasteiger partial charge in [-0.1, -0.05) is 0 Å². The molecule has 264 valence electrons. The first-order chi connectivity index (χ1) is 22.5. The van der Waals surface area contributed by atoms with Crippen LogP contribution >= 0.6 is 11.3 Å². The molecule has 0 radical (unpaired) electrons. The zero-order valence-corrected chi connectivity index (χ0v) is 27.3. The van der Waals surface area contributed by atoms with E-state index in [0.717, 1.165) is 11.3 Å². The van der Waals surface area contributed by atoms with E-state index >= 15 is 0 Å². The number of nitrogens with zero attached hydrogens (tertiary/aromatic N) is 4. The Hall–Kier alpha value is -3.73. The number of alkyl halides is 6. The zero-order chi connectivity index (χ0) is 35.0. The number of carbonyl (C=O) groups is 3. The Bertz CT molecular complexity index is 1460. The highest BCUT2D eigenvalue weighted by Gasteiger charge is 2.42. The Morgan fingerprint density at radius 2 is 1.54 bits per heavy atom. The Labute approximate surface area is 277 Å². The third-order valence-electron chi connectivity index (χ3n) is 9.33. The number of anilines is 2. The van der Waals surface area contributed by atoms with E-state index in [1.54, 1.807) is 4.90 Å². The van der Waals surface area contributed by atoms with Crippen molar-refractivity contribution in [2.24, 2.45) is 0 Å². The predicted molar refractivity (Wildman–Crippen MR) is 166 cm³/mol. The van der Waals surface area contributed by atoms with Crippen LogP contribution in [0.15, 0.2) is 22.9 Å². The minimum Gasteiger partial charge on any atom is -0.436 e. The second-order valence-corrected chi connectivity index (χ2v) is 13.3. The average molecular weight is 705 g/mol. The maximum atomic E-state index is 13.8. The lowest BCUT2D eigenvalue weighted by Crippen LogP contribution is -2.52. The fraction of sp³-hybridized carbons (Fsp3) is 0.581. The number of fused-ring (bicyclic) bond motifs is 1. The van der Waals surface area contributed by atoms with Crippen molar-refractivity contribution in [3.63, 3.8) is 0 Å². The molecule has 0 aliphatic carbocycles. The number of halogens is 6. The summed E-state index contributed by atoms with van der Waals surface area (Å²) < 4.78 is 88.2. The van der Waals surface area contributed by atoms with Crippen molar-refractivity contribution in [1.29, 1.82) is 0 Å². The molecule has 4 heterocycles. The number of ether oxygens (including phenoxy) is 1. The molecule has 2 fully saturated rings. The van der Waals surface area contributed by atoms with Crippen LogP contribution in [-0.4, -0.2) is 103 Å². The van der Waals surface area contributed by atoms with Crippen LogP contribution < -0.4 is 11.1 Å². The summed E-state index contributed by atoms with van der Waals surface area (Å²) in [6, 6.07) is 0.696. The second kappa shape index (κ2) is 14.0. The molecule has 0 unspecified atom stereocenters. The number of nitrogen functional groups attached to an aromatic ring is 1. The summed E-state index contributed by atoms with van der Waals surface area (Å²) in [4.78, 5) is 46.5. The molecule has 1 aromatic carbocycles. The summed E-state index contributed by atoms with van der Waals surface area (Å²) in [6.07, 6.45) is -11.1. The van der Waals surface area contributed by atoms with E-state index in [9.17, 15) is 40.7 Å². The first kappa shape index (κ1) is 35.6. The van der Waals surface area contributed by atoms with Crippen LogP contribution in [0.25, 0.3) is 0 Å². The number of carbonyl (C=O) groups excluding carboxylic acids is 3. The first-order valence-electron chi connectivity index (χ1n) is 15.6. The summed E-state index contributed by atoms with van der Waals surface area (Å²) in [5.74, 6) is -0.706. The molecule has 3 N–H and O–H groups in total. The van der Waals surface area contributed by atoms with E-state index in [1.807, 2.05) is 29.8 Å². The largest absolute Gasteiger partial charge is 0.436 e. The van der Waals surface area contributed by atoms with Crippen molar-refractivity contribution in [1.82, 2.24) is 19.6 Å². The normalized spacial score (nSPS) is 19.2. The van der Waals surface area contributed by atoms with Crippen LogP contribution in [0.3, 0.4) is 0 Å². The lowest BCUT2D eigenvalue weighted by atomic mass is 9.97. The highest BCUT2D eigenvalue weighted by Crippen LogP contribution is 2.42. The Balaban J connectivity index is 1.32. The quantitative estimate of drug-likeness (QED) is 0.303. The molecule has 10 nitrogen and oxygen atoms in total. The first-order valence-corrected chi connectivity index (χ1v) is 16.6. The molecule has 0 spiro atoms. The molecule has 17 heteroatoms. The van der Waals surface area contributed by atoms with E-state index in [4.69, 9.17) is 10.5 Å². The monoisotopic (exact) mass is 704 g/mol. The van der Waals surface area contributed by atoms with Gasteiger partial charge in [-0.25, -0.2) is 9.59 Å². The van der Waals surface area contributed by atoms with Gasteiger partial charge in [0.2, 0.25) is 0 Å². The number of piperidine rings is 2. The van der Waals surface area contributed by atoms with Gasteiger partial charge in [-0.05, 0) is 74.8 Å². The van der Waals surface area contributed by atoms with Gasteiger partial charge in [0.05, 0.1) is 22.5 Å². The van der Waals surface area contributed by atoms with Gasteiger partial charge in [0.15, 0.2) is 6.10 Å². The van der Waals surface area contributed by atoms with Crippen LogP contribution in [0.5, 0.6) is 0 Å². The van der Waals surface area contributed by atoms with Crippen molar-refractivity contribution in [2.45, 2.75) is 69.1 Å². The minimum atomic E-state index is -5.20. The minimum absolute atomic E-state index is 0.169. The van der Waals surface area contributed by atoms with E-state index in [0.29, 0.717) is 50.8 Å². The van der Waals surface area contributed by atoms with Gasteiger partial charge >= 0.3 is 24.5 Å². The van der Waals surface area contributed by atoms with Gasteiger partial charge < -0.3 is 35.4 Å². The topological polar surface area (TPSA) is 111 Å². The number of thiophene rings is 1. The Kier molecular flexibility index (Phi) is 10.4. The Morgan fingerprint density at radius 3 is 2.10 bits per heavy atom. The molecular formula is C31H38F6N6O4S. The molecule has 0 bridgehead atoms. The predicted octanol–water partition coefficient (Wildman–Crippen LogP) is 5.52. The number of hydrogen-bond acceptors (Lipinski definition) is 7. The number of benzene rings is 1. The van der Waals surface area contributed by atoms with Gasteiger partial charge in [0, 0.05) is 56.6 Å². The summed E-state index contributed by atoms with van der Waals surface area (Å²) in [5.41, 5.74) is 1.78. The smallest absolute Gasteiger partial charge is 0.418 e. The number of amides is 4. The standard InChI is InChI=1S/C31H38F6N6O4S/c1-40(2)20-4-8-41(9-5-20)27(44)25(15-18-13-22(30(32,33)34)26(38)23(14-18)31(35,36)37)47-29(46)42-10-6-21(7-11-42)43-12-3-19-16-48-17-24(19)39-28(43)45/h13-14,16-17,20-21,25H,3-12,15,38H2,1-2H3,(H,39,45)/t25-/m1/s1. The molecule has 4 amide bonds. The van der Waals surface area contributed by atoms with Gasteiger partial charge in [-0.2, -0.15) is 26.3 Å². The van der Waals surface area contributed by atoms with Gasteiger partial charge in [0.25, 0.3) is 5.91 Å². The van der Waals surface area contributed by atoms with Crippen LogP contribution in [0.2, 0.25) is 0 Å². The molecule has 2 aromatic rings. The summed E-state index contributed by atoms with van der Waals surface area (Å²) in [7, 11) is 3.79. The average Bonchev–Trinajstić information content (AvgIpc) is 3.40. The summed E-state index contributed by atoms with van der Waals surface area (Å²) in [6.45, 7) is 1.38. The van der Waals surface area contributed by atoms with Gasteiger partial charge in [0.1, 0.15) is 0 Å². The molecule has 1 atom stereocenters. The van der Waals surface area contributed by atoms with Crippen molar-refractivity contribution >= 4 is 40.7 Å². The number of urea groups is 1. The van der Waals surface area contributed by atoms with Crippen molar-refractivity contribution < 1.29 is 45.5 Å². The number of nitrogens with two attached hydrogens (primary N) is 1. The zero-order valence-electron chi connectivity index (χ0n) is 26.5. The summed E-state index contributed by atoms with van der Waals surface area (Å²) in [5, 5.41) is 6.77. The van der Waals surface area contributed by atoms with E-state index < -0.39 is 59.3 Å². The van der Waals surface area contributed by atoms with Crippen LogP contribution in [0.4, 0.5) is 47.3 Å². The molecular weight excluding hydrogens is 666 g/mol. The van der Waals surface area contributed by atoms with Crippen molar-refractivity contribution in [3.05, 3.63) is 45.1 Å². The maximum absolute atomic E-state index is 13.8. The van der Waals surface area contributed by atoms with E-state index in [-0.39, 0.29) is 44.3 Å². The molecule has 3 aliphatic heterocycles. The SMILES string of the molecule is CN(C)C1CCN(C(=O)[C@@H](Cc2cc(C(F)(F)F)c(N)c(C(F)(F)F)c2)OC(=O)N2CCC(N3CCc4cscc4NC3=O)CC2)CC1. The molecule has 1 aromatic heterocycles. The fourth-order valence-electron chi connectivity index (χ4n) is 6.56. The molecule has 3 aliphatic rings. The van der Waals surface area contributed by atoms with Crippen LogP contribution in [0.1, 0.15) is 47.9 Å². The highest BCUT2D eigenvalue weighted by atomic mass is 32.1. The highest BCUT2D eigenvalue weighted by molar-refractivity contribution is 7.08. The second-order valence-electron chi connectivity index (χ2n) is 12.6. The maximum Gasteiger partial charge on any atom is 0.418 e.